The molecule has 2 unspecified atom stereocenters. The Balaban J connectivity index is 1.14. The van der Waals surface area contributed by atoms with Crippen LogP contribution in [0.2, 0.25) is 0 Å². The molecular formula is C25H28FN2O3. The van der Waals surface area contributed by atoms with Gasteiger partial charge >= 0.3 is 0 Å². The van der Waals surface area contributed by atoms with E-state index in [0.717, 1.165) is 54.8 Å². The van der Waals surface area contributed by atoms with Crippen LogP contribution in [-0.2, 0) is 0 Å². The van der Waals surface area contributed by atoms with Gasteiger partial charge in [-0.25, -0.2) is 4.39 Å². The molecule has 2 bridgehead atoms. The summed E-state index contributed by atoms with van der Waals surface area (Å²) in [5.41, 5.74) is 1.56. The first-order valence-corrected chi connectivity index (χ1v) is 11.2. The predicted octanol–water partition coefficient (Wildman–Crippen LogP) is 5.35. The molecule has 2 aliphatic heterocycles. The van der Waals surface area contributed by atoms with Crippen molar-refractivity contribution in [2.45, 2.75) is 56.5 Å². The molecule has 5 rings (SSSR count). The van der Waals surface area contributed by atoms with Gasteiger partial charge in [0.15, 0.2) is 17.1 Å². The van der Waals surface area contributed by atoms with Gasteiger partial charge in [-0.1, -0.05) is 11.2 Å². The molecule has 1 aromatic heterocycles. The van der Waals surface area contributed by atoms with Crippen molar-refractivity contribution in [1.29, 1.82) is 0 Å². The number of aromatic nitrogens is 1. The molecule has 0 spiro atoms. The Kier molecular flexibility index (Phi) is 5.81. The van der Waals surface area contributed by atoms with Gasteiger partial charge in [0.05, 0.1) is 19.4 Å². The van der Waals surface area contributed by atoms with Gasteiger partial charge in [-0.05, 0) is 75.4 Å². The molecule has 6 heteroatoms. The summed E-state index contributed by atoms with van der Waals surface area (Å²) in [5.74, 6) is 1.62. The summed E-state index contributed by atoms with van der Waals surface area (Å²) in [5, 5.41) is 5.29. The fourth-order valence-electron chi connectivity index (χ4n) is 5.35. The summed E-state index contributed by atoms with van der Waals surface area (Å²) in [7, 11) is 1.65. The highest BCUT2D eigenvalue weighted by atomic mass is 19.1. The Morgan fingerprint density at radius 3 is 2.81 bits per heavy atom. The van der Waals surface area contributed by atoms with Crippen molar-refractivity contribution in [3.63, 3.8) is 0 Å². The molecule has 3 heterocycles. The van der Waals surface area contributed by atoms with Crippen molar-refractivity contribution in [3.05, 3.63) is 54.0 Å². The van der Waals surface area contributed by atoms with Gasteiger partial charge in [-0.2, -0.15) is 0 Å². The second-order valence-electron chi connectivity index (χ2n) is 8.63. The maximum Gasteiger partial charge on any atom is 0.170 e. The normalized spacial score (nSPS) is 23.4. The molecule has 0 N–H and O–H groups in total. The minimum atomic E-state index is -0.280. The first-order chi connectivity index (χ1) is 15.2. The molecule has 3 aromatic rings. The summed E-state index contributed by atoms with van der Waals surface area (Å²) in [6.07, 6.45) is 6.83. The third-order valence-electron chi connectivity index (χ3n) is 6.81. The van der Waals surface area contributed by atoms with Crippen LogP contribution in [0.1, 0.15) is 50.1 Å². The number of methoxy groups -OCH3 is 1. The van der Waals surface area contributed by atoms with Crippen LogP contribution < -0.4 is 9.47 Å². The Morgan fingerprint density at radius 2 is 2.00 bits per heavy atom. The first kappa shape index (κ1) is 20.3. The molecule has 5 nitrogen and oxygen atoms in total. The lowest BCUT2D eigenvalue weighted by Crippen LogP contribution is -2.42. The van der Waals surface area contributed by atoms with Crippen molar-refractivity contribution < 1.29 is 18.4 Å². The number of unbranched alkanes of at least 4 members (excludes halogenated alkanes) is 1. The number of hydrogen-bond acceptors (Lipinski definition) is 5. The average molecular weight is 424 g/mol. The zero-order chi connectivity index (χ0) is 21.2. The van der Waals surface area contributed by atoms with Crippen LogP contribution in [0.5, 0.6) is 11.5 Å². The minimum absolute atomic E-state index is 0.280. The van der Waals surface area contributed by atoms with E-state index in [4.69, 9.17) is 14.0 Å². The number of nitrogens with zero attached hydrogens (tertiary/aromatic N) is 2. The van der Waals surface area contributed by atoms with Gasteiger partial charge in [0.1, 0.15) is 5.82 Å². The summed E-state index contributed by atoms with van der Waals surface area (Å²) in [6, 6.07) is 14.5. The third-order valence-corrected chi connectivity index (χ3v) is 6.81. The quantitative estimate of drug-likeness (QED) is 0.458. The number of ether oxygens (including phenoxy) is 2. The maximum atomic E-state index is 13.5. The lowest BCUT2D eigenvalue weighted by Gasteiger charge is -2.38. The van der Waals surface area contributed by atoms with E-state index in [2.05, 4.69) is 16.1 Å². The standard InChI is InChI=1S/C25H28FN2O3/c1-29-22-6-2-3-7-23(22)30-13-5-4-12-28-19-9-10-20(28)15-17(14-19)25-21-11-8-18(26)16-24(21)31-27-25/h3,6-8,11,16-17,19-20H,4-5,9-10,12-15H2,1H3. The average Bonchev–Trinajstić information content (AvgIpc) is 3.30. The zero-order valence-corrected chi connectivity index (χ0v) is 17.9. The monoisotopic (exact) mass is 423 g/mol. The van der Waals surface area contributed by atoms with Gasteiger partial charge < -0.3 is 14.0 Å². The molecule has 0 saturated carbocycles. The van der Waals surface area contributed by atoms with Gasteiger partial charge in [-0.15, -0.1) is 0 Å². The number of rotatable bonds is 8. The van der Waals surface area contributed by atoms with Crippen molar-refractivity contribution in [2.75, 3.05) is 20.3 Å². The van der Waals surface area contributed by atoms with E-state index in [1.165, 1.54) is 25.0 Å². The fraction of sp³-hybridized carbons (Fsp3) is 0.480. The molecule has 31 heavy (non-hydrogen) atoms. The smallest absolute Gasteiger partial charge is 0.170 e. The van der Waals surface area contributed by atoms with E-state index in [1.807, 2.05) is 18.2 Å². The van der Waals surface area contributed by atoms with Crippen molar-refractivity contribution in [2.24, 2.45) is 0 Å². The number of piperidine rings is 1. The van der Waals surface area contributed by atoms with Crippen LogP contribution in [0, 0.1) is 11.9 Å². The summed E-state index contributed by atoms with van der Waals surface area (Å²) in [4.78, 5) is 2.69. The fourth-order valence-corrected chi connectivity index (χ4v) is 5.35. The topological polar surface area (TPSA) is 47.7 Å². The van der Waals surface area contributed by atoms with Crippen LogP contribution in [0.15, 0.2) is 40.9 Å². The number of halogens is 1. The van der Waals surface area contributed by atoms with Gasteiger partial charge in [0.2, 0.25) is 0 Å². The molecule has 163 valence electrons. The van der Waals surface area contributed by atoms with E-state index in [1.54, 1.807) is 13.2 Å². The second-order valence-corrected chi connectivity index (χ2v) is 8.63. The van der Waals surface area contributed by atoms with Crippen LogP contribution >= 0.6 is 0 Å². The third kappa shape index (κ3) is 4.13. The zero-order valence-electron chi connectivity index (χ0n) is 17.9. The second kappa shape index (κ2) is 8.87. The molecule has 2 saturated heterocycles. The summed E-state index contributed by atoms with van der Waals surface area (Å²) < 4.78 is 30.1. The van der Waals surface area contributed by atoms with E-state index >= 15 is 0 Å². The highest BCUT2D eigenvalue weighted by molar-refractivity contribution is 5.79. The summed E-state index contributed by atoms with van der Waals surface area (Å²) >= 11 is 0. The van der Waals surface area contributed by atoms with E-state index < -0.39 is 0 Å². The summed E-state index contributed by atoms with van der Waals surface area (Å²) in [6.45, 7) is 1.80. The largest absolute Gasteiger partial charge is 0.493 e. The maximum absolute atomic E-state index is 13.5. The molecule has 2 aromatic carbocycles. The molecule has 2 aliphatic rings. The van der Waals surface area contributed by atoms with Crippen LogP contribution in [0.4, 0.5) is 4.39 Å². The van der Waals surface area contributed by atoms with Gasteiger partial charge in [0.25, 0.3) is 0 Å². The Hall–Kier alpha value is -2.60. The molecule has 0 aliphatic carbocycles. The van der Waals surface area contributed by atoms with E-state index in [-0.39, 0.29) is 5.82 Å². The van der Waals surface area contributed by atoms with Gasteiger partial charge in [-0.3, -0.25) is 4.90 Å². The number of fused-ring (bicyclic) bond motifs is 3. The lowest BCUT2D eigenvalue weighted by molar-refractivity contribution is 0.120. The molecule has 2 atom stereocenters. The Bertz CT molecular complexity index is 1020. The first-order valence-electron chi connectivity index (χ1n) is 11.2. The van der Waals surface area contributed by atoms with Crippen LogP contribution in [0.3, 0.4) is 0 Å². The molecule has 2 fully saturated rings. The SMILES string of the molecule is COc1c[c]ccc1OCCCCN1C2CCC1CC(c1noc3cc(F)ccc13)C2. The van der Waals surface area contributed by atoms with E-state index in [0.29, 0.717) is 30.2 Å². The number of hydrogen-bond donors (Lipinski definition) is 0. The highest BCUT2D eigenvalue weighted by Gasteiger charge is 2.41. The van der Waals surface area contributed by atoms with Crippen LogP contribution in [-0.4, -0.2) is 42.4 Å². The minimum Gasteiger partial charge on any atom is -0.493 e. The number of benzene rings is 2. The Labute approximate surface area is 182 Å². The van der Waals surface area contributed by atoms with E-state index in [9.17, 15) is 4.39 Å². The predicted molar refractivity (Wildman–Crippen MR) is 116 cm³/mol. The van der Waals surface area contributed by atoms with Gasteiger partial charge in [0, 0.05) is 29.5 Å². The molecule has 0 amide bonds. The highest BCUT2D eigenvalue weighted by Crippen LogP contribution is 2.44. The molecular weight excluding hydrogens is 395 g/mol. The van der Waals surface area contributed by atoms with Crippen molar-refractivity contribution >= 4 is 11.0 Å². The lowest BCUT2D eigenvalue weighted by atomic mass is 9.86. The van der Waals surface area contributed by atoms with Crippen molar-refractivity contribution in [3.8, 4) is 11.5 Å². The molecule has 1 radical (unpaired) electrons. The Morgan fingerprint density at radius 1 is 1.16 bits per heavy atom. The van der Waals surface area contributed by atoms with Crippen LogP contribution in [0.25, 0.3) is 11.0 Å². The van der Waals surface area contributed by atoms with Crippen molar-refractivity contribution in [1.82, 2.24) is 10.1 Å².